The molecule has 0 aromatic rings. The van der Waals surface area contributed by atoms with Crippen molar-refractivity contribution in [1.82, 2.24) is 0 Å². The van der Waals surface area contributed by atoms with Gasteiger partial charge < -0.3 is 18.9 Å². The van der Waals surface area contributed by atoms with Crippen LogP contribution in [0.2, 0.25) is 0 Å². The van der Waals surface area contributed by atoms with Crippen molar-refractivity contribution in [3.63, 3.8) is 0 Å². The number of carbonyl (C=O) groups excluding carboxylic acids is 2. The zero-order valence-corrected chi connectivity index (χ0v) is 12.5. The molecule has 0 aromatic heterocycles. The Balaban J connectivity index is 3.74. The molecule has 0 atom stereocenters. The molecule has 0 spiro atoms. The molecule has 0 amide bonds. The Hall–Kier alpha value is -2.24. The highest BCUT2D eigenvalue weighted by Gasteiger charge is 2.14. The Morgan fingerprint density at radius 3 is 1.95 bits per heavy atom. The molecule has 0 radical (unpaired) electrons. The van der Waals surface area contributed by atoms with Gasteiger partial charge in [0, 0.05) is 5.57 Å². The van der Waals surface area contributed by atoms with Gasteiger partial charge in [0.2, 0.25) is 0 Å². The molecule has 0 aliphatic carbocycles. The molecule has 0 aliphatic heterocycles. The van der Waals surface area contributed by atoms with Crippen molar-refractivity contribution in [2.24, 2.45) is 0 Å². The standard InChI is InChI=1S/C15H22O6/c1-4-6-18-8-10-20-14(16)12-13(3)15(17)21-11-9-19-7-5-2/h4-7H,3,8-12H2,1-2H3. The summed E-state index contributed by atoms with van der Waals surface area (Å²) in [6.45, 7) is 7.82. The smallest absolute Gasteiger partial charge is 0.334 e. The van der Waals surface area contributed by atoms with Crippen LogP contribution in [0.5, 0.6) is 0 Å². The summed E-state index contributed by atoms with van der Waals surface area (Å²) in [5.74, 6) is -1.19. The molecular weight excluding hydrogens is 276 g/mol. The van der Waals surface area contributed by atoms with E-state index in [2.05, 4.69) is 6.58 Å². The van der Waals surface area contributed by atoms with Gasteiger partial charge in [0.25, 0.3) is 0 Å². The monoisotopic (exact) mass is 298 g/mol. The van der Waals surface area contributed by atoms with Crippen LogP contribution in [0.15, 0.2) is 36.8 Å². The lowest BCUT2D eigenvalue weighted by Crippen LogP contribution is -2.16. The van der Waals surface area contributed by atoms with Crippen molar-refractivity contribution >= 4 is 11.9 Å². The minimum Gasteiger partial charge on any atom is -0.498 e. The molecule has 0 aromatic carbocycles. The molecule has 6 nitrogen and oxygen atoms in total. The quantitative estimate of drug-likeness (QED) is 0.252. The van der Waals surface area contributed by atoms with Gasteiger partial charge in [-0.15, -0.1) is 0 Å². The van der Waals surface area contributed by atoms with Crippen LogP contribution in [0.1, 0.15) is 20.3 Å². The maximum absolute atomic E-state index is 11.5. The normalized spacial score (nSPS) is 10.6. The highest BCUT2D eigenvalue weighted by molar-refractivity contribution is 5.93. The predicted molar refractivity (Wildman–Crippen MR) is 77.2 cm³/mol. The zero-order chi connectivity index (χ0) is 15.9. The lowest BCUT2D eigenvalue weighted by Gasteiger charge is -2.07. The lowest BCUT2D eigenvalue weighted by atomic mass is 10.2. The summed E-state index contributed by atoms with van der Waals surface area (Å²) >= 11 is 0. The van der Waals surface area contributed by atoms with Crippen molar-refractivity contribution in [2.75, 3.05) is 26.4 Å². The van der Waals surface area contributed by atoms with Gasteiger partial charge in [-0.1, -0.05) is 18.7 Å². The van der Waals surface area contributed by atoms with Crippen LogP contribution < -0.4 is 0 Å². The molecule has 118 valence electrons. The summed E-state index contributed by atoms with van der Waals surface area (Å²) in [7, 11) is 0. The van der Waals surface area contributed by atoms with E-state index in [0.29, 0.717) is 0 Å². The fourth-order valence-corrected chi connectivity index (χ4v) is 1.11. The zero-order valence-electron chi connectivity index (χ0n) is 12.5. The van der Waals surface area contributed by atoms with E-state index in [1.165, 1.54) is 12.5 Å². The molecular formula is C15H22O6. The van der Waals surface area contributed by atoms with Crippen molar-refractivity contribution in [2.45, 2.75) is 20.3 Å². The number of carbonyl (C=O) groups is 2. The molecule has 0 aliphatic rings. The molecule has 0 N–H and O–H groups in total. The molecule has 0 unspecified atom stereocenters. The maximum Gasteiger partial charge on any atom is 0.334 e. The van der Waals surface area contributed by atoms with Crippen LogP contribution >= 0.6 is 0 Å². The van der Waals surface area contributed by atoms with Gasteiger partial charge >= 0.3 is 11.9 Å². The third-order valence-corrected chi connectivity index (χ3v) is 2.01. The first-order chi connectivity index (χ1) is 10.1. The van der Waals surface area contributed by atoms with E-state index < -0.39 is 11.9 Å². The molecule has 0 heterocycles. The van der Waals surface area contributed by atoms with Gasteiger partial charge in [0.1, 0.15) is 26.4 Å². The third-order valence-electron chi connectivity index (χ3n) is 2.01. The van der Waals surface area contributed by atoms with Crippen molar-refractivity contribution < 1.29 is 28.5 Å². The predicted octanol–water partition coefficient (Wildman–Crippen LogP) is 2.12. The van der Waals surface area contributed by atoms with Crippen LogP contribution in [0.4, 0.5) is 0 Å². The van der Waals surface area contributed by atoms with Crippen molar-refractivity contribution in [3.8, 4) is 0 Å². The third kappa shape index (κ3) is 11.3. The number of esters is 2. The van der Waals surface area contributed by atoms with Gasteiger partial charge in [0.15, 0.2) is 0 Å². The van der Waals surface area contributed by atoms with Crippen LogP contribution in [-0.4, -0.2) is 38.4 Å². The number of hydrogen-bond donors (Lipinski definition) is 0. The molecule has 21 heavy (non-hydrogen) atoms. The summed E-state index contributed by atoms with van der Waals surface area (Å²) < 4.78 is 19.7. The Labute approximate surface area is 125 Å². The minimum atomic E-state index is -0.638. The first-order valence-corrected chi connectivity index (χ1v) is 6.57. The SMILES string of the molecule is C=C(CC(=O)OCCOC=CC)C(=O)OCCOC=CC. The second-order valence-electron chi connectivity index (χ2n) is 3.82. The Bertz CT molecular complexity index is 384. The van der Waals surface area contributed by atoms with Crippen LogP contribution in [0.3, 0.4) is 0 Å². The first-order valence-electron chi connectivity index (χ1n) is 6.57. The fraction of sp³-hybridized carbons (Fsp3) is 0.467. The van der Waals surface area contributed by atoms with Crippen molar-refractivity contribution in [1.29, 1.82) is 0 Å². The Kier molecular flexibility index (Phi) is 11.4. The number of ether oxygens (including phenoxy) is 4. The summed E-state index contributed by atoms with van der Waals surface area (Å²) in [6.07, 6.45) is 6.23. The van der Waals surface area contributed by atoms with Gasteiger partial charge in [-0.3, -0.25) is 4.79 Å². The maximum atomic E-state index is 11.5. The highest BCUT2D eigenvalue weighted by Crippen LogP contribution is 2.03. The number of allylic oxidation sites excluding steroid dienone is 2. The molecule has 0 fully saturated rings. The van der Waals surface area contributed by atoms with E-state index in [-0.39, 0.29) is 38.4 Å². The number of rotatable bonds is 11. The van der Waals surface area contributed by atoms with E-state index in [4.69, 9.17) is 18.9 Å². The molecule has 0 rings (SSSR count). The van der Waals surface area contributed by atoms with E-state index >= 15 is 0 Å². The van der Waals surface area contributed by atoms with Crippen LogP contribution in [-0.2, 0) is 28.5 Å². The van der Waals surface area contributed by atoms with Gasteiger partial charge in [-0.05, 0) is 13.8 Å². The molecule has 6 heteroatoms. The van der Waals surface area contributed by atoms with Gasteiger partial charge in [-0.25, -0.2) is 4.79 Å². The number of hydrogen-bond acceptors (Lipinski definition) is 6. The van der Waals surface area contributed by atoms with E-state index in [1.54, 1.807) is 12.2 Å². The minimum absolute atomic E-state index is 0.0420. The van der Waals surface area contributed by atoms with Crippen molar-refractivity contribution in [3.05, 3.63) is 36.8 Å². The Morgan fingerprint density at radius 2 is 1.43 bits per heavy atom. The highest BCUT2D eigenvalue weighted by atomic mass is 16.6. The summed E-state index contributed by atoms with van der Waals surface area (Å²) in [6, 6.07) is 0. The van der Waals surface area contributed by atoms with Gasteiger partial charge in [0.05, 0.1) is 18.9 Å². The average Bonchev–Trinajstić information content (AvgIpc) is 2.46. The first kappa shape index (κ1) is 18.8. The fourth-order valence-electron chi connectivity index (χ4n) is 1.11. The van der Waals surface area contributed by atoms with E-state index in [0.717, 1.165) is 0 Å². The van der Waals surface area contributed by atoms with E-state index in [9.17, 15) is 9.59 Å². The topological polar surface area (TPSA) is 71.1 Å². The van der Waals surface area contributed by atoms with Crippen LogP contribution in [0.25, 0.3) is 0 Å². The van der Waals surface area contributed by atoms with Crippen LogP contribution in [0, 0.1) is 0 Å². The summed E-state index contributed by atoms with van der Waals surface area (Å²) in [4.78, 5) is 22.9. The van der Waals surface area contributed by atoms with Gasteiger partial charge in [-0.2, -0.15) is 0 Å². The molecule has 0 bridgehead atoms. The largest absolute Gasteiger partial charge is 0.498 e. The second-order valence-corrected chi connectivity index (χ2v) is 3.82. The molecule has 0 saturated heterocycles. The summed E-state index contributed by atoms with van der Waals surface area (Å²) in [5.41, 5.74) is 0.0420. The molecule has 0 saturated carbocycles. The Morgan fingerprint density at radius 1 is 0.905 bits per heavy atom. The summed E-state index contributed by atoms with van der Waals surface area (Å²) in [5, 5.41) is 0. The average molecular weight is 298 g/mol. The lowest BCUT2D eigenvalue weighted by molar-refractivity contribution is -0.147. The second kappa shape index (κ2) is 12.8. The van der Waals surface area contributed by atoms with E-state index in [1.807, 2.05) is 13.8 Å².